The maximum atomic E-state index is 13.0. The molecule has 3 rings (SSSR count). The third-order valence-electron chi connectivity index (χ3n) is 4.07. The number of carbonyl (C=O) groups is 1. The molecule has 1 unspecified atom stereocenters. The Bertz CT molecular complexity index is 1110. The molecule has 2 aromatic carbocycles. The van der Waals surface area contributed by atoms with Crippen molar-refractivity contribution in [2.75, 3.05) is 5.75 Å². The average Bonchev–Trinajstić information content (AvgIpc) is 3.12. The van der Waals surface area contributed by atoms with Crippen molar-refractivity contribution >= 4 is 15.8 Å². The lowest BCUT2D eigenvalue weighted by Gasteiger charge is -2.20. The van der Waals surface area contributed by atoms with Crippen LogP contribution in [0, 0.1) is 5.82 Å². The van der Waals surface area contributed by atoms with Crippen LogP contribution >= 0.6 is 0 Å². The van der Waals surface area contributed by atoms with Crippen molar-refractivity contribution in [2.45, 2.75) is 17.4 Å². The van der Waals surface area contributed by atoms with Gasteiger partial charge in [0.25, 0.3) is 0 Å². The molecule has 0 aliphatic rings. The quantitative estimate of drug-likeness (QED) is 0.600. The molecule has 8 nitrogen and oxygen atoms in total. The molecular weight excluding hydrogens is 389 g/mol. The Morgan fingerprint density at radius 1 is 1.14 bits per heavy atom. The Labute approximate surface area is 159 Å². The number of rotatable bonds is 6. The number of hydrogen-bond acceptors (Lipinski definition) is 6. The maximum Gasteiger partial charge on any atom is 0.335 e. The molecule has 2 N–H and O–H groups in total. The first-order valence-electron chi connectivity index (χ1n) is 8.06. The predicted molar refractivity (Wildman–Crippen MR) is 96.3 cm³/mol. The number of hydrogen-bond donors (Lipinski definition) is 2. The maximum absolute atomic E-state index is 13.0. The van der Waals surface area contributed by atoms with E-state index in [4.69, 9.17) is 5.11 Å². The first kappa shape index (κ1) is 19.6. The van der Waals surface area contributed by atoms with Gasteiger partial charge in [0.2, 0.25) is 0 Å². The van der Waals surface area contributed by atoms with Crippen molar-refractivity contribution in [3.63, 3.8) is 0 Å². The van der Waals surface area contributed by atoms with E-state index in [2.05, 4.69) is 10.3 Å². The number of halogens is 1. The van der Waals surface area contributed by atoms with Crippen LogP contribution in [0.5, 0.6) is 0 Å². The van der Waals surface area contributed by atoms with Gasteiger partial charge in [0, 0.05) is 0 Å². The van der Waals surface area contributed by atoms with Crippen molar-refractivity contribution in [3.8, 4) is 5.69 Å². The van der Waals surface area contributed by atoms with Gasteiger partial charge in [-0.15, -0.1) is 5.10 Å². The number of aromatic nitrogens is 3. The standard InChI is InChI=1S/C18H16FN3O5S/c1-18(25,11-28(26,27)15-8-4-13(19)5-9-15)16-10-22(21-20-16)14-6-2-12(3-7-14)17(23)24/h2-10,25H,11H2,1H3,(H,23,24). The normalized spacial score (nSPS) is 13.8. The van der Waals surface area contributed by atoms with Crippen LogP contribution < -0.4 is 0 Å². The number of carboxylic acid groups (broad SMARTS) is 1. The van der Waals surface area contributed by atoms with E-state index in [0.717, 1.165) is 24.3 Å². The van der Waals surface area contributed by atoms with E-state index in [-0.39, 0.29) is 16.2 Å². The van der Waals surface area contributed by atoms with Gasteiger partial charge in [-0.1, -0.05) is 5.21 Å². The van der Waals surface area contributed by atoms with E-state index in [0.29, 0.717) is 5.69 Å². The van der Waals surface area contributed by atoms with Crippen molar-refractivity contribution < 1.29 is 27.8 Å². The number of benzene rings is 2. The van der Waals surface area contributed by atoms with Gasteiger partial charge in [0.15, 0.2) is 9.84 Å². The summed E-state index contributed by atoms with van der Waals surface area (Å²) in [6, 6.07) is 10.1. The van der Waals surface area contributed by atoms with Crippen LogP contribution in [0.1, 0.15) is 23.0 Å². The molecule has 0 saturated carbocycles. The number of carboxylic acids is 1. The summed E-state index contributed by atoms with van der Waals surface area (Å²) in [5, 5.41) is 27.3. The first-order valence-corrected chi connectivity index (χ1v) is 9.71. The highest BCUT2D eigenvalue weighted by atomic mass is 32.2. The Balaban J connectivity index is 1.84. The number of aliphatic hydroxyl groups is 1. The van der Waals surface area contributed by atoms with Gasteiger partial charge in [-0.25, -0.2) is 22.3 Å². The van der Waals surface area contributed by atoms with Gasteiger partial charge in [0.1, 0.15) is 17.1 Å². The fraction of sp³-hybridized carbons (Fsp3) is 0.167. The van der Waals surface area contributed by atoms with E-state index < -0.39 is 33.0 Å². The lowest BCUT2D eigenvalue weighted by atomic mass is 10.1. The number of aromatic carboxylic acids is 1. The largest absolute Gasteiger partial charge is 0.478 e. The summed E-state index contributed by atoms with van der Waals surface area (Å²) >= 11 is 0. The third-order valence-corrected chi connectivity index (χ3v) is 6.00. The molecule has 0 aliphatic heterocycles. The zero-order valence-electron chi connectivity index (χ0n) is 14.7. The minimum absolute atomic E-state index is 0.0143. The monoisotopic (exact) mass is 405 g/mol. The van der Waals surface area contributed by atoms with Crippen LogP contribution in [-0.4, -0.2) is 45.3 Å². The van der Waals surface area contributed by atoms with E-state index >= 15 is 0 Å². The molecule has 0 saturated heterocycles. The first-order chi connectivity index (χ1) is 13.1. The third kappa shape index (κ3) is 4.07. The molecule has 0 bridgehead atoms. The van der Waals surface area contributed by atoms with Crippen LogP contribution in [0.15, 0.2) is 59.6 Å². The molecule has 0 spiro atoms. The fourth-order valence-electron chi connectivity index (χ4n) is 2.56. The van der Waals surface area contributed by atoms with E-state index in [9.17, 15) is 22.7 Å². The Kier molecular flexibility index (Phi) is 5.01. The second kappa shape index (κ2) is 7.13. The van der Waals surface area contributed by atoms with Crippen LogP contribution in [0.25, 0.3) is 5.69 Å². The zero-order valence-corrected chi connectivity index (χ0v) is 15.5. The summed E-state index contributed by atoms with van der Waals surface area (Å²) in [6.45, 7) is 1.29. The Morgan fingerprint density at radius 3 is 2.32 bits per heavy atom. The van der Waals surface area contributed by atoms with Gasteiger partial charge < -0.3 is 10.2 Å². The molecule has 1 aromatic heterocycles. The lowest BCUT2D eigenvalue weighted by Crippen LogP contribution is -2.31. The van der Waals surface area contributed by atoms with Gasteiger partial charge in [-0.2, -0.15) is 0 Å². The van der Waals surface area contributed by atoms with Crippen molar-refractivity contribution in [3.05, 3.63) is 71.8 Å². The van der Waals surface area contributed by atoms with Crippen LogP contribution in [0.2, 0.25) is 0 Å². The molecule has 0 amide bonds. The summed E-state index contributed by atoms with van der Waals surface area (Å²) in [6.07, 6.45) is 1.36. The molecule has 0 aliphatic carbocycles. The minimum Gasteiger partial charge on any atom is -0.478 e. The number of sulfone groups is 1. The summed E-state index contributed by atoms with van der Waals surface area (Å²) in [4.78, 5) is 10.8. The molecule has 0 radical (unpaired) electrons. The molecule has 10 heteroatoms. The topological polar surface area (TPSA) is 122 Å². The summed E-state index contributed by atoms with van der Waals surface area (Å²) in [5.74, 6) is -2.32. The molecule has 146 valence electrons. The minimum atomic E-state index is -3.91. The second-order valence-electron chi connectivity index (χ2n) is 6.39. The van der Waals surface area contributed by atoms with Gasteiger partial charge in [-0.3, -0.25) is 0 Å². The smallest absolute Gasteiger partial charge is 0.335 e. The molecule has 28 heavy (non-hydrogen) atoms. The SMILES string of the molecule is CC(O)(CS(=O)(=O)c1ccc(F)cc1)c1cn(-c2ccc(C(=O)O)cc2)nn1. The summed E-state index contributed by atoms with van der Waals surface area (Å²) in [7, 11) is -3.91. The lowest BCUT2D eigenvalue weighted by molar-refractivity contribution is 0.0696. The fourth-order valence-corrected chi connectivity index (χ4v) is 4.17. The molecule has 1 atom stereocenters. The summed E-state index contributed by atoms with van der Waals surface area (Å²) in [5.41, 5.74) is -1.25. The van der Waals surface area contributed by atoms with Gasteiger partial charge >= 0.3 is 5.97 Å². The van der Waals surface area contributed by atoms with Crippen LogP contribution in [-0.2, 0) is 15.4 Å². The van der Waals surface area contributed by atoms with Gasteiger partial charge in [0.05, 0.1) is 28.1 Å². The molecule has 0 fully saturated rings. The zero-order chi connectivity index (χ0) is 20.5. The summed E-state index contributed by atoms with van der Waals surface area (Å²) < 4.78 is 39.3. The van der Waals surface area contributed by atoms with Crippen molar-refractivity contribution in [2.24, 2.45) is 0 Å². The number of nitrogens with zero attached hydrogens (tertiary/aromatic N) is 3. The van der Waals surface area contributed by atoms with E-state index in [1.165, 1.54) is 42.1 Å². The highest BCUT2D eigenvalue weighted by molar-refractivity contribution is 7.91. The second-order valence-corrected chi connectivity index (χ2v) is 8.38. The highest BCUT2D eigenvalue weighted by Crippen LogP contribution is 2.25. The van der Waals surface area contributed by atoms with Crippen molar-refractivity contribution in [1.29, 1.82) is 0 Å². The van der Waals surface area contributed by atoms with Crippen molar-refractivity contribution in [1.82, 2.24) is 15.0 Å². The van der Waals surface area contributed by atoms with Crippen LogP contribution in [0.3, 0.4) is 0 Å². The highest BCUT2D eigenvalue weighted by Gasteiger charge is 2.34. The van der Waals surface area contributed by atoms with E-state index in [1.807, 2.05) is 0 Å². The van der Waals surface area contributed by atoms with Crippen LogP contribution in [0.4, 0.5) is 4.39 Å². The Hall–Kier alpha value is -3.11. The Morgan fingerprint density at radius 2 is 1.75 bits per heavy atom. The van der Waals surface area contributed by atoms with E-state index in [1.54, 1.807) is 0 Å². The average molecular weight is 405 g/mol. The molecule has 3 aromatic rings. The van der Waals surface area contributed by atoms with Gasteiger partial charge in [-0.05, 0) is 55.5 Å². The molecular formula is C18H16FN3O5S. The predicted octanol–water partition coefficient (Wildman–Crippen LogP) is 1.79. The molecule has 1 heterocycles.